The first-order valence-electron chi connectivity index (χ1n) is 2.33. The fourth-order valence-corrected chi connectivity index (χ4v) is 0.671. The fraction of sp³-hybridized carbons (Fsp3) is 0.750. The van der Waals surface area contributed by atoms with Crippen molar-refractivity contribution in [3.8, 4) is 0 Å². The maximum Gasteiger partial charge on any atom is 0.373 e. The van der Waals surface area contributed by atoms with Gasteiger partial charge in [-0.3, -0.25) is 5.73 Å². The second-order valence-electron chi connectivity index (χ2n) is 1.51. The van der Waals surface area contributed by atoms with Crippen LogP contribution in [0.1, 0.15) is 0 Å². The van der Waals surface area contributed by atoms with Gasteiger partial charge in [0.05, 0.1) is 7.11 Å². The van der Waals surface area contributed by atoms with E-state index in [4.69, 9.17) is 5.73 Å². The molecule has 0 radical (unpaired) electrons. The summed E-state index contributed by atoms with van der Waals surface area (Å²) < 4.78 is 14.7. The molecule has 0 spiro atoms. The molecule has 0 fully saturated rings. The Kier molecular flexibility index (Phi) is 3.35. The van der Waals surface area contributed by atoms with Crippen LogP contribution in [0.25, 0.3) is 0 Å². The number of hydrogen-bond donors (Lipinski definition) is 1. The van der Waals surface area contributed by atoms with E-state index in [-0.39, 0.29) is 0 Å². The molecule has 2 unspecified atom stereocenters. The van der Waals surface area contributed by atoms with Crippen LogP contribution in [0, 0.1) is 0 Å². The minimum absolute atomic E-state index is 0.626. The molecule has 0 aromatic rings. The van der Waals surface area contributed by atoms with Crippen LogP contribution in [-0.4, -0.2) is 25.5 Å². The van der Waals surface area contributed by atoms with E-state index < -0.39 is 19.6 Å². The van der Waals surface area contributed by atoms with E-state index in [1.165, 1.54) is 13.8 Å². The summed E-state index contributed by atoms with van der Waals surface area (Å²) in [6.07, 6.45) is 0. The summed E-state index contributed by atoms with van der Waals surface area (Å²) in [6, 6.07) is 0. The highest BCUT2D eigenvalue weighted by molar-refractivity contribution is 7.45. The summed E-state index contributed by atoms with van der Waals surface area (Å²) >= 11 is 0. The molecule has 0 aliphatic carbocycles. The molecule has 4 nitrogen and oxygen atoms in total. The Morgan fingerprint density at radius 2 is 2.22 bits per heavy atom. The van der Waals surface area contributed by atoms with Crippen LogP contribution in [0.3, 0.4) is 0 Å². The number of rotatable bonds is 2. The van der Waals surface area contributed by atoms with Crippen molar-refractivity contribution in [3.05, 3.63) is 0 Å². The van der Waals surface area contributed by atoms with Crippen molar-refractivity contribution in [1.82, 2.24) is 0 Å². The van der Waals surface area contributed by atoms with E-state index in [9.17, 15) is 9.36 Å². The Morgan fingerprint density at radius 3 is 2.33 bits per heavy atom. The molecule has 0 aliphatic rings. The van der Waals surface area contributed by atoms with Gasteiger partial charge in [-0.05, 0) is 0 Å². The van der Waals surface area contributed by atoms with Crippen molar-refractivity contribution in [2.24, 2.45) is 5.73 Å². The Hall–Kier alpha value is -0.470. The van der Waals surface area contributed by atoms with E-state index in [2.05, 4.69) is 4.74 Å². The Balaban J connectivity index is 3.88. The Labute approximate surface area is 54.2 Å². The van der Waals surface area contributed by atoms with Crippen LogP contribution < -0.4 is 5.73 Å². The van der Waals surface area contributed by atoms with E-state index in [0.29, 0.717) is 0 Å². The number of carbonyl (C=O) groups is 1. The van der Waals surface area contributed by atoms with Crippen LogP contribution in [0.2, 0.25) is 0 Å². The van der Waals surface area contributed by atoms with Crippen molar-refractivity contribution in [2.45, 2.75) is 5.78 Å². The molecule has 0 rings (SSSR count). The minimum atomic E-state index is -1.65. The first kappa shape index (κ1) is 8.53. The van der Waals surface area contributed by atoms with Gasteiger partial charge in [0.25, 0.3) is 0 Å². The lowest BCUT2D eigenvalue weighted by molar-refractivity contribution is -0.140. The molecule has 2 atom stereocenters. The third-order valence-corrected chi connectivity index (χ3v) is 1.83. The zero-order chi connectivity index (χ0) is 7.44. The van der Waals surface area contributed by atoms with E-state index in [1.807, 2.05) is 0 Å². The van der Waals surface area contributed by atoms with Gasteiger partial charge >= 0.3 is 19.6 Å². The van der Waals surface area contributed by atoms with Gasteiger partial charge in [0, 0.05) is 0 Å². The van der Waals surface area contributed by atoms with Crippen LogP contribution >= 0.6 is 7.80 Å². The molecule has 2 N–H and O–H groups in total. The molecule has 0 amide bonds. The quantitative estimate of drug-likeness (QED) is 0.440. The molecule has 0 aromatic carbocycles. The van der Waals surface area contributed by atoms with E-state index >= 15 is 0 Å². The second-order valence-corrected chi connectivity index (χ2v) is 3.16. The van der Waals surface area contributed by atoms with Gasteiger partial charge < -0.3 is 4.74 Å². The lowest BCUT2D eigenvalue weighted by atomic mass is 10.7. The average molecular weight is 150 g/mol. The van der Waals surface area contributed by atoms with Crippen molar-refractivity contribution in [3.63, 3.8) is 0 Å². The minimum Gasteiger partial charge on any atom is -0.465 e. The van der Waals surface area contributed by atoms with E-state index in [1.54, 1.807) is 0 Å². The molecule has 0 aromatic heterocycles. The lowest BCUT2D eigenvalue weighted by Crippen LogP contribution is -2.27. The molecule has 9 heavy (non-hydrogen) atoms. The van der Waals surface area contributed by atoms with Gasteiger partial charge in [-0.1, -0.05) is 4.57 Å². The summed E-state index contributed by atoms with van der Waals surface area (Å²) in [5.41, 5.74) is 5.11. The number of nitrogens with two attached hydrogens (primary N) is 1. The topological polar surface area (TPSA) is 69.4 Å². The second kappa shape index (κ2) is 3.54. The molecular formula is C4H9NO3P+. The zero-order valence-electron chi connectivity index (χ0n) is 5.33. The monoisotopic (exact) mass is 150 g/mol. The number of methoxy groups -OCH3 is 1. The smallest absolute Gasteiger partial charge is 0.373 e. The maximum absolute atomic E-state index is 10.5. The van der Waals surface area contributed by atoms with Gasteiger partial charge in [0.2, 0.25) is 0 Å². The summed E-state index contributed by atoms with van der Waals surface area (Å²) in [6.45, 7) is 1.39. The summed E-state index contributed by atoms with van der Waals surface area (Å²) in [5.74, 6) is -1.59. The maximum atomic E-state index is 10.5. The highest BCUT2D eigenvalue weighted by Crippen LogP contribution is 2.18. The molecule has 0 bridgehead atoms. The van der Waals surface area contributed by atoms with Gasteiger partial charge in [-0.25, -0.2) is 4.79 Å². The molecule has 0 aliphatic heterocycles. The normalized spacial score (nSPS) is 14.3. The number of ether oxygens (including phenoxy) is 1. The van der Waals surface area contributed by atoms with Gasteiger partial charge in [-0.15, -0.1) is 0 Å². The van der Waals surface area contributed by atoms with Crippen molar-refractivity contribution >= 4 is 13.8 Å². The van der Waals surface area contributed by atoms with Gasteiger partial charge in [0.15, 0.2) is 0 Å². The van der Waals surface area contributed by atoms with Crippen LogP contribution in [0.4, 0.5) is 0 Å². The third kappa shape index (κ3) is 2.54. The van der Waals surface area contributed by atoms with Crippen LogP contribution in [0.15, 0.2) is 0 Å². The lowest BCUT2D eigenvalue weighted by Gasteiger charge is -1.94. The first-order valence-corrected chi connectivity index (χ1v) is 4.10. The van der Waals surface area contributed by atoms with Crippen LogP contribution in [-0.2, 0) is 14.1 Å². The van der Waals surface area contributed by atoms with Crippen molar-refractivity contribution < 1.29 is 14.1 Å². The summed E-state index contributed by atoms with van der Waals surface area (Å²) in [7, 11) is -0.444. The molecular weight excluding hydrogens is 141 g/mol. The first-order chi connectivity index (χ1) is 4.09. The number of carbonyl (C=O) groups excluding carboxylic acids is 1. The highest BCUT2D eigenvalue weighted by Gasteiger charge is 2.29. The van der Waals surface area contributed by atoms with Gasteiger partial charge in [-0.2, -0.15) is 0 Å². The molecule has 52 valence electrons. The molecule has 5 heteroatoms. The van der Waals surface area contributed by atoms with Crippen molar-refractivity contribution in [1.29, 1.82) is 0 Å². The molecule has 0 saturated carbocycles. The number of esters is 1. The van der Waals surface area contributed by atoms with Crippen LogP contribution in [0.5, 0.6) is 0 Å². The Morgan fingerprint density at radius 1 is 1.78 bits per heavy atom. The zero-order valence-corrected chi connectivity index (χ0v) is 6.22. The Bertz CT molecular complexity index is 136. The fourth-order valence-electron chi connectivity index (χ4n) is 0.269. The standard InChI is InChI=1S/C4H9NO3P/c1-8-4(6)3(5)9(2)7/h3H,5H2,1-2H3/q+1. The number of hydrogen-bond acceptors (Lipinski definition) is 4. The predicted molar refractivity (Wildman–Crippen MR) is 33.5 cm³/mol. The predicted octanol–water partition coefficient (Wildman–Crippen LogP) is -0.0986. The van der Waals surface area contributed by atoms with Gasteiger partial charge in [0.1, 0.15) is 6.66 Å². The molecule has 0 heterocycles. The average Bonchev–Trinajstić information content (AvgIpc) is 1.84. The SMILES string of the molecule is COC(=O)C(N)[P+](C)=O. The molecule has 0 saturated heterocycles. The highest BCUT2D eigenvalue weighted by atomic mass is 31.1. The third-order valence-electron chi connectivity index (χ3n) is 0.834. The summed E-state index contributed by atoms with van der Waals surface area (Å²) in [5, 5.41) is 0. The summed E-state index contributed by atoms with van der Waals surface area (Å²) in [4.78, 5) is 10.4. The van der Waals surface area contributed by atoms with Crippen molar-refractivity contribution in [2.75, 3.05) is 13.8 Å². The largest absolute Gasteiger partial charge is 0.465 e. The van der Waals surface area contributed by atoms with E-state index in [0.717, 1.165) is 0 Å².